The van der Waals surface area contributed by atoms with Crippen LogP contribution in [0.5, 0.6) is 0 Å². The number of aromatic nitrogens is 2. The highest BCUT2D eigenvalue weighted by atomic mass is 16.2. The second kappa shape index (κ2) is 7.29. The van der Waals surface area contributed by atoms with Gasteiger partial charge >= 0.3 is 6.03 Å². The maximum Gasteiger partial charge on any atom is 0.319 e. The lowest BCUT2D eigenvalue weighted by atomic mass is 10.1. The molecule has 1 fully saturated rings. The van der Waals surface area contributed by atoms with Gasteiger partial charge in [0.05, 0.1) is 12.0 Å². The van der Waals surface area contributed by atoms with E-state index in [-0.39, 0.29) is 11.6 Å². The molecule has 1 aromatic carbocycles. The lowest BCUT2D eigenvalue weighted by molar-refractivity contribution is 0.251. The number of anilines is 1. The first kappa shape index (κ1) is 16.2. The monoisotopic (exact) mass is 326 g/mol. The van der Waals surface area contributed by atoms with Crippen molar-refractivity contribution in [3.63, 3.8) is 0 Å². The molecule has 6 nitrogen and oxygen atoms in total. The highest BCUT2D eigenvalue weighted by Crippen LogP contribution is 2.38. The van der Waals surface area contributed by atoms with Gasteiger partial charge in [-0.3, -0.25) is 9.36 Å². The molecule has 2 amide bonds. The van der Waals surface area contributed by atoms with Crippen molar-refractivity contribution in [2.24, 2.45) is 0 Å². The molecule has 1 aliphatic carbocycles. The molecular weight excluding hydrogens is 304 g/mol. The van der Waals surface area contributed by atoms with Crippen LogP contribution in [0.15, 0.2) is 41.5 Å². The van der Waals surface area contributed by atoms with Crippen LogP contribution in [0.25, 0.3) is 0 Å². The van der Waals surface area contributed by atoms with Gasteiger partial charge in [0.2, 0.25) is 0 Å². The van der Waals surface area contributed by atoms with Crippen LogP contribution >= 0.6 is 0 Å². The molecule has 126 valence electrons. The Labute approximate surface area is 140 Å². The van der Waals surface area contributed by atoms with Crippen molar-refractivity contribution in [3.05, 3.63) is 58.3 Å². The van der Waals surface area contributed by atoms with Gasteiger partial charge in [-0.15, -0.1) is 0 Å². The second-order valence-electron chi connectivity index (χ2n) is 6.05. The number of hydrogen-bond acceptors (Lipinski definition) is 3. The summed E-state index contributed by atoms with van der Waals surface area (Å²) in [4.78, 5) is 28.2. The van der Waals surface area contributed by atoms with Gasteiger partial charge in [-0.1, -0.05) is 19.1 Å². The van der Waals surface area contributed by atoms with E-state index in [4.69, 9.17) is 0 Å². The Morgan fingerprint density at radius 3 is 2.67 bits per heavy atom. The summed E-state index contributed by atoms with van der Waals surface area (Å²) in [5.41, 5.74) is 2.79. The van der Waals surface area contributed by atoms with Gasteiger partial charge in [-0.05, 0) is 37.0 Å². The van der Waals surface area contributed by atoms with E-state index < -0.39 is 0 Å². The number of rotatable bonds is 6. The van der Waals surface area contributed by atoms with Gasteiger partial charge in [-0.2, -0.15) is 0 Å². The highest BCUT2D eigenvalue weighted by Gasteiger charge is 2.25. The number of amides is 2. The third-order valence-electron chi connectivity index (χ3n) is 4.15. The van der Waals surface area contributed by atoms with Gasteiger partial charge in [0.15, 0.2) is 0 Å². The average molecular weight is 326 g/mol. The molecule has 0 unspecified atom stereocenters. The van der Waals surface area contributed by atoms with Crippen molar-refractivity contribution >= 4 is 11.7 Å². The first-order valence-electron chi connectivity index (χ1n) is 8.36. The third kappa shape index (κ3) is 4.22. The Morgan fingerprint density at radius 2 is 2.04 bits per heavy atom. The van der Waals surface area contributed by atoms with Crippen LogP contribution in [0.4, 0.5) is 10.5 Å². The van der Waals surface area contributed by atoms with Crippen LogP contribution in [-0.4, -0.2) is 22.1 Å². The standard InChI is InChI=1S/C18H22N4O2/c1-2-13-3-7-15(8-4-13)21-18(24)19-9-10-22-12-20-16(11-17(22)23)14-5-6-14/h3-4,7-8,11-12,14H,2,5-6,9-10H2,1H3,(H2,19,21,24). The molecule has 6 heteroatoms. The third-order valence-corrected chi connectivity index (χ3v) is 4.15. The normalized spacial score (nSPS) is 13.5. The highest BCUT2D eigenvalue weighted by molar-refractivity contribution is 5.89. The molecule has 1 aromatic heterocycles. The molecular formula is C18H22N4O2. The number of benzene rings is 1. The van der Waals surface area contributed by atoms with E-state index in [0.717, 1.165) is 30.6 Å². The number of carbonyl (C=O) groups excluding carboxylic acids is 1. The van der Waals surface area contributed by atoms with Gasteiger partial charge in [0, 0.05) is 30.8 Å². The van der Waals surface area contributed by atoms with Gasteiger partial charge in [0.25, 0.3) is 5.56 Å². The molecule has 0 radical (unpaired) electrons. The molecule has 0 bridgehead atoms. The maximum absolute atomic E-state index is 12.0. The zero-order chi connectivity index (χ0) is 16.9. The van der Waals surface area contributed by atoms with E-state index in [1.807, 2.05) is 24.3 Å². The zero-order valence-electron chi connectivity index (χ0n) is 13.8. The minimum atomic E-state index is -0.283. The maximum atomic E-state index is 12.0. The Morgan fingerprint density at radius 1 is 1.29 bits per heavy atom. The van der Waals surface area contributed by atoms with E-state index >= 15 is 0 Å². The fourth-order valence-electron chi connectivity index (χ4n) is 2.50. The number of urea groups is 1. The average Bonchev–Trinajstić information content (AvgIpc) is 3.42. The van der Waals surface area contributed by atoms with Crippen molar-refractivity contribution in [2.75, 3.05) is 11.9 Å². The Hall–Kier alpha value is -2.63. The minimum Gasteiger partial charge on any atom is -0.336 e. The molecule has 1 heterocycles. The molecule has 0 saturated heterocycles. The quantitative estimate of drug-likeness (QED) is 0.856. The van der Waals surface area contributed by atoms with Crippen LogP contribution < -0.4 is 16.2 Å². The molecule has 2 aromatic rings. The molecule has 2 N–H and O–H groups in total. The van der Waals surface area contributed by atoms with Gasteiger partial charge < -0.3 is 10.6 Å². The Kier molecular flexibility index (Phi) is 4.93. The summed E-state index contributed by atoms with van der Waals surface area (Å²) in [5.74, 6) is 0.468. The van der Waals surface area contributed by atoms with E-state index in [1.165, 1.54) is 10.1 Å². The van der Waals surface area contributed by atoms with Crippen LogP contribution in [0.2, 0.25) is 0 Å². The Bertz CT molecular complexity index is 763. The summed E-state index contributed by atoms with van der Waals surface area (Å²) < 4.78 is 1.52. The molecule has 0 atom stereocenters. The Balaban J connectivity index is 1.46. The summed E-state index contributed by atoms with van der Waals surface area (Å²) >= 11 is 0. The zero-order valence-corrected chi connectivity index (χ0v) is 13.8. The summed E-state index contributed by atoms with van der Waals surface area (Å²) in [6.45, 7) is 2.85. The van der Waals surface area contributed by atoms with Crippen LogP contribution in [0.1, 0.15) is 36.9 Å². The predicted molar refractivity (Wildman–Crippen MR) is 93.3 cm³/mol. The largest absolute Gasteiger partial charge is 0.336 e. The number of aryl methyl sites for hydroxylation is 1. The molecule has 24 heavy (non-hydrogen) atoms. The first-order chi connectivity index (χ1) is 11.7. The van der Waals surface area contributed by atoms with Crippen molar-refractivity contribution in [1.29, 1.82) is 0 Å². The summed E-state index contributed by atoms with van der Waals surface area (Å²) in [5, 5.41) is 5.52. The first-order valence-corrected chi connectivity index (χ1v) is 8.36. The topological polar surface area (TPSA) is 76.0 Å². The molecule has 0 aliphatic heterocycles. The van der Waals surface area contributed by atoms with Crippen molar-refractivity contribution in [1.82, 2.24) is 14.9 Å². The molecule has 0 spiro atoms. The molecule has 3 rings (SSSR count). The van der Waals surface area contributed by atoms with Crippen LogP contribution in [0, 0.1) is 0 Å². The molecule has 1 saturated carbocycles. The van der Waals surface area contributed by atoms with E-state index in [0.29, 0.717) is 19.0 Å². The lowest BCUT2D eigenvalue weighted by Gasteiger charge is -2.09. The van der Waals surface area contributed by atoms with Crippen LogP contribution in [0.3, 0.4) is 0 Å². The van der Waals surface area contributed by atoms with Crippen molar-refractivity contribution in [2.45, 2.75) is 38.6 Å². The predicted octanol–water partition coefficient (Wildman–Crippen LogP) is 2.50. The van der Waals surface area contributed by atoms with Gasteiger partial charge in [-0.25, -0.2) is 9.78 Å². The number of carbonyl (C=O) groups is 1. The fourth-order valence-corrected chi connectivity index (χ4v) is 2.50. The van der Waals surface area contributed by atoms with E-state index in [1.54, 1.807) is 12.4 Å². The van der Waals surface area contributed by atoms with Crippen molar-refractivity contribution < 1.29 is 4.79 Å². The summed E-state index contributed by atoms with van der Waals surface area (Å²) in [7, 11) is 0. The number of nitrogens with zero attached hydrogens (tertiary/aromatic N) is 2. The van der Waals surface area contributed by atoms with E-state index in [2.05, 4.69) is 22.5 Å². The summed E-state index contributed by atoms with van der Waals surface area (Å²) in [6, 6.07) is 9.06. The molecule has 1 aliphatic rings. The smallest absolute Gasteiger partial charge is 0.319 e. The van der Waals surface area contributed by atoms with Crippen LogP contribution in [-0.2, 0) is 13.0 Å². The van der Waals surface area contributed by atoms with Gasteiger partial charge in [0.1, 0.15) is 0 Å². The SMILES string of the molecule is CCc1ccc(NC(=O)NCCn2cnc(C3CC3)cc2=O)cc1. The second-order valence-corrected chi connectivity index (χ2v) is 6.05. The van der Waals surface area contributed by atoms with E-state index in [9.17, 15) is 9.59 Å². The fraction of sp³-hybridized carbons (Fsp3) is 0.389. The van der Waals surface area contributed by atoms with Crippen molar-refractivity contribution in [3.8, 4) is 0 Å². The minimum absolute atomic E-state index is 0.0655. The number of hydrogen-bond donors (Lipinski definition) is 2. The number of nitrogens with one attached hydrogen (secondary N) is 2. The summed E-state index contributed by atoms with van der Waals surface area (Å²) in [6.07, 6.45) is 4.78. The lowest BCUT2D eigenvalue weighted by Crippen LogP contribution is -2.33.